The SMILES string of the molecule is NC(N)=Nc1ccc(C(=O)Oc2cccc(C3(OC(=O)C(F)(F)F)CC(CC(=O)O)(CC(=O)O)ON3)c2)cc1. The van der Waals surface area contributed by atoms with Crippen molar-refractivity contribution in [2.24, 2.45) is 16.5 Å². The lowest BCUT2D eigenvalue weighted by atomic mass is 9.85. The number of esters is 2. The van der Waals surface area contributed by atoms with Crippen LogP contribution in [0.4, 0.5) is 18.9 Å². The molecule has 1 atom stereocenters. The summed E-state index contributed by atoms with van der Waals surface area (Å²) in [6.45, 7) is 0. The van der Waals surface area contributed by atoms with Crippen LogP contribution in [0.5, 0.6) is 5.75 Å². The molecule has 0 radical (unpaired) electrons. The van der Waals surface area contributed by atoms with Gasteiger partial charge in [-0.1, -0.05) is 12.1 Å². The van der Waals surface area contributed by atoms with Gasteiger partial charge in [-0.05, 0) is 36.4 Å². The average molecular weight is 554 g/mol. The topological polar surface area (TPSA) is 213 Å². The molecule has 0 bridgehead atoms. The smallest absolute Gasteiger partial charge is 0.481 e. The van der Waals surface area contributed by atoms with E-state index in [0.29, 0.717) is 5.69 Å². The summed E-state index contributed by atoms with van der Waals surface area (Å²) in [7, 11) is 0. The summed E-state index contributed by atoms with van der Waals surface area (Å²) in [5, 5.41) is 18.5. The zero-order valence-electron chi connectivity index (χ0n) is 19.7. The minimum Gasteiger partial charge on any atom is -0.481 e. The minimum absolute atomic E-state index is 0.0532. The van der Waals surface area contributed by atoms with Crippen LogP contribution in [0.25, 0.3) is 0 Å². The Labute approximate surface area is 217 Å². The van der Waals surface area contributed by atoms with Crippen LogP contribution < -0.4 is 21.7 Å². The first-order valence-corrected chi connectivity index (χ1v) is 10.8. The van der Waals surface area contributed by atoms with Gasteiger partial charge < -0.3 is 31.2 Å². The van der Waals surface area contributed by atoms with E-state index in [1.165, 1.54) is 42.5 Å². The highest BCUT2D eigenvalue weighted by Crippen LogP contribution is 2.44. The van der Waals surface area contributed by atoms with Crippen molar-refractivity contribution in [2.45, 2.75) is 36.8 Å². The molecule has 3 rings (SSSR count). The standard InChI is InChI=1S/C23H21F3N4O9/c24-23(25,26)19(36)38-22(11-21(39-30-22,9-16(31)32)10-17(33)34)13-2-1-3-15(8-13)37-18(35)12-4-6-14(7-5-12)29-20(27)28/h1-8,30H,9-11H2,(H,31,32)(H,33,34)(H4,27,28,29). The Morgan fingerprint density at radius 2 is 1.64 bits per heavy atom. The van der Waals surface area contributed by atoms with Crippen LogP contribution in [0.3, 0.4) is 0 Å². The van der Waals surface area contributed by atoms with Crippen LogP contribution in [-0.2, 0) is 29.7 Å². The first-order valence-electron chi connectivity index (χ1n) is 10.8. The second-order valence-electron chi connectivity index (χ2n) is 8.42. The Balaban J connectivity index is 1.95. The maximum atomic E-state index is 13.1. The lowest BCUT2D eigenvalue weighted by Gasteiger charge is -2.30. The van der Waals surface area contributed by atoms with Crippen molar-refractivity contribution < 1.29 is 56.9 Å². The van der Waals surface area contributed by atoms with E-state index in [0.717, 1.165) is 6.07 Å². The monoisotopic (exact) mass is 554 g/mol. The molecular weight excluding hydrogens is 533 g/mol. The van der Waals surface area contributed by atoms with Crippen molar-refractivity contribution in [1.29, 1.82) is 0 Å². The summed E-state index contributed by atoms with van der Waals surface area (Å²) >= 11 is 0. The summed E-state index contributed by atoms with van der Waals surface area (Å²) < 4.78 is 49.3. The number of aliphatic carboxylic acids is 2. The first-order chi connectivity index (χ1) is 18.1. The van der Waals surface area contributed by atoms with Gasteiger partial charge in [0, 0.05) is 12.0 Å². The molecule has 0 amide bonds. The third-order valence-electron chi connectivity index (χ3n) is 5.32. The fraction of sp³-hybridized carbons (Fsp3) is 0.261. The van der Waals surface area contributed by atoms with Crippen molar-refractivity contribution in [1.82, 2.24) is 5.48 Å². The summed E-state index contributed by atoms with van der Waals surface area (Å²) in [6.07, 6.45) is -8.22. The largest absolute Gasteiger partial charge is 0.491 e. The molecule has 1 unspecified atom stereocenters. The van der Waals surface area contributed by atoms with Crippen molar-refractivity contribution in [3.8, 4) is 5.75 Å². The van der Waals surface area contributed by atoms with E-state index in [-0.39, 0.29) is 22.8 Å². The molecule has 1 aliphatic rings. The van der Waals surface area contributed by atoms with Crippen LogP contribution in [0.1, 0.15) is 35.2 Å². The Bertz CT molecular complexity index is 1290. The van der Waals surface area contributed by atoms with Gasteiger partial charge in [-0.2, -0.15) is 18.7 Å². The van der Waals surface area contributed by atoms with Crippen molar-refractivity contribution >= 4 is 35.5 Å². The van der Waals surface area contributed by atoms with E-state index in [1.54, 1.807) is 0 Å². The third-order valence-corrected chi connectivity index (χ3v) is 5.32. The predicted molar refractivity (Wildman–Crippen MR) is 123 cm³/mol. The molecule has 1 aliphatic heterocycles. The molecule has 2 aromatic carbocycles. The van der Waals surface area contributed by atoms with Gasteiger partial charge in [0.1, 0.15) is 11.4 Å². The van der Waals surface area contributed by atoms with Crippen molar-refractivity contribution in [2.75, 3.05) is 0 Å². The number of carboxylic acids is 2. The number of rotatable bonds is 9. The van der Waals surface area contributed by atoms with Crippen molar-refractivity contribution in [3.63, 3.8) is 0 Å². The highest BCUT2D eigenvalue weighted by atomic mass is 19.4. The molecule has 0 aromatic heterocycles. The summed E-state index contributed by atoms with van der Waals surface area (Å²) in [6, 6.07) is 10.3. The molecule has 0 spiro atoms. The number of ether oxygens (including phenoxy) is 2. The zero-order valence-corrected chi connectivity index (χ0v) is 19.7. The Hall–Kier alpha value is -4.70. The van der Waals surface area contributed by atoms with Gasteiger partial charge in [-0.25, -0.2) is 14.6 Å². The fourth-order valence-corrected chi connectivity index (χ4v) is 3.82. The van der Waals surface area contributed by atoms with Crippen LogP contribution in [0.2, 0.25) is 0 Å². The number of hydrogen-bond acceptors (Lipinski definition) is 9. The number of carbonyl (C=O) groups is 4. The van der Waals surface area contributed by atoms with E-state index in [4.69, 9.17) is 25.8 Å². The maximum Gasteiger partial charge on any atom is 0.491 e. The second kappa shape index (κ2) is 11.0. The molecule has 1 heterocycles. The Morgan fingerprint density at radius 1 is 1.03 bits per heavy atom. The third kappa shape index (κ3) is 7.20. The number of carbonyl (C=O) groups excluding carboxylic acids is 2. The number of halogens is 3. The molecule has 1 fully saturated rings. The summed E-state index contributed by atoms with van der Waals surface area (Å²) in [4.78, 5) is 56.2. The highest BCUT2D eigenvalue weighted by Gasteiger charge is 2.58. The second-order valence-corrected chi connectivity index (χ2v) is 8.42. The van der Waals surface area contributed by atoms with Crippen LogP contribution in [0, 0.1) is 0 Å². The van der Waals surface area contributed by atoms with E-state index in [1.807, 2.05) is 0 Å². The van der Waals surface area contributed by atoms with E-state index < -0.39 is 60.6 Å². The number of nitrogens with one attached hydrogen (secondary N) is 1. The molecular formula is C23H21F3N4O9. The zero-order chi connectivity index (χ0) is 29.0. The van der Waals surface area contributed by atoms with Crippen molar-refractivity contribution in [3.05, 3.63) is 59.7 Å². The number of aliphatic imine (C=N–C) groups is 1. The first kappa shape index (κ1) is 28.9. The highest BCUT2D eigenvalue weighted by molar-refractivity contribution is 5.91. The molecule has 16 heteroatoms. The summed E-state index contributed by atoms with van der Waals surface area (Å²) in [5.74, 6) is -7.00. The lowest BCUT2D eigenvalue weighted by molar-refractivity contribution is -0.223. The van der Waals surface area contributed by atoms with Gasteiger partial charge in [-0.15, -0.1) is 0 Å². The van der Waals surface area contributed by atoms with E-state index in [2.05, 4.69) is 10.5 Å². The number of benzene rings is 2. The Kier molecular flexibility index (Phi) is 8.11. The number of alkyl halides is 3. The van der Waals surface area contributed by atoms with Gasteiger partial charge in [0.2, 0.25) is 5.72 Å². The van der Waals surface area contributed by atoms with Gasteiger partial charge in [0.25, 0.3) is 0 Å². The number of carboxylic acid groups (broad SMARTS) is 2. The van der Waals surface area contributed by atoms with E-state index in [9.17, 15) is 42.6 Å². The molecule has 208 valence electrons. The van der Waals surface area contributed by atoms with Crippen LogP contribution in [0.15, 0.2) is 53.5 Å². The van der Waals surface area contributed by atoms with Crippen LogP contribution in [-0.4, -0.2) is 51.8 Å². The number of hydrogen-bond donors (Lipinski definition) is 5. The van der Waals surface area contributed by atoms with Crippen LogP contribution >= 0.6 is 0 Å². The molecule has 2 aromatic rings. The molecule has 13 nitrogen and oxygen atoms in total. The maximum absolute atomic E-state index is 13.1. The molecule has 0 saturated carbocycles. The quantitative estimate of drug-likeness (QED) is 0.130. The van der Waals surface area contributed by atoms with Gasteiger partial charge in [0.05, 0.1) is 24.1 Å². The molecule has 7 N–H and O–H groups in total. The predicted octanol–water partition coefficient (Wildman–Crippen LogP) is 1.68. The number of nitrogens with zero attached hydrogens (tertiary/aromatic N) is 1. The van der Waals surface area contributed by atoms with E-state index >= 15 is 0 Å². The fourth-order valence-electron chi connectivity index (χ4n) is 3.82. The molecule has 0 aliphatic carbocycles. The number of guanidine groups is 1. The number of hydroxylamine groups is 1. The normalized spacial score (nSPS) is 18.1. The minimum atomic E-state index is -5.46. The van der Waals surface area contributed by atoms with Gasteiger partial charge in [0.15, 0.2) is 5.96 Å². The number of nitrogens with two attached hydrogens (primary N) is 2. The molecule has 1 saturated heterocycles. The lowest BCUT2D eigenvalue weighted by Crippen LogP contribution is -2.44. The summed E-state index contributed by atoms with van der Waals surface area (Å²) in [5.41, 5.74) is 8.20. The average Bonchev–Trinajstić information content (AvgIpc) is 3.16. The van der Waals surface area contributed by atoms with Gasteiger partial charge in [-0.3, -0.25) is 14.4 Å². The molecule has 39 heavy (non-hydrogen) atoms. The Morgan fingerprint density at radius 3 is 2.18 bits per heavy atom. The van der Waals surface area contributed by atoms with Gasteiger partial charge >= 0.3 is 30.1 Å².